The fourth-order valence-electron chi connectivity index (χ4n) is 1.38. The minimum Gasteiger partial charge on any atom is -0.326 e. The fraction of sp³-hybridized carbons (Fsp3) is 0.538. The second-order valence-electron chi connectivity index (χ2n) is 4.36. The van der Waals surface area contributed by atoms with Gasteiger partial charge in [0.15, 0.2) is 0 Å². The highest BCUT2D eigenvalue weighted by molar-refractivity contribution is 7.98. The fourth-order valence-corrected chi connectivity index (χ4v) is 2.58. The maximum atomic E-state index is 13.2. The largest absolute Gasteiger partial charge is 0.326 e. The molecule has 0 bridgehead atoms. The molecule has 0 radical (unpaired) electrons. The molecule has 0 aliphatic heterocycles. The molecule has 1 aromatic carbocycles. The molecule has 0 saturated heterocycles. The predicted molar refractivity (Wildman–Crippen MR) is 69.9 cm³/mol. The average molecular weight is 241 g/mol. The third-order valence-corrected chi connectivity index (χ3v) is 3.50. The summed E-state index contributed by atoms with van der Waals surface area (Å²) in [4.78, 5) is 0. The normalized spacial score (nSPS) is 11.1. The van der Waals surface area contributed by atoms with Crippen molar-refractivity contribution in [2.75, 3.05) is 5.75 Å². The zero-order chi connectivity index (χ0) is 12.0. The summed E-state index contributed by atoms with van der Waals surface area (Å²) in [6.45, 7) is 4.73. The third-order valence-electron chi connectivity index (χ3n) is 2.44. The molecule has 0 unspecified atom stereocenters. The Kier molecular flexibility index (Phi) is 5.85. The van der Waals surface area contributed by atoms with Crippen molar-refractivity contribution in [3.8, 4) is 0 Å². The molecule has 1 rings (SSSR count). The van der Waals surface area contributed by atoms with E-state index in [1.807, 2.05) is 23.9 Å². The van der Waals surface area contributed by atoms with Gasteiger partial charge in [0, 0.05) is 17.9 Å². The number of hydrogen-bond donors (Lipinski definition) is 1. The molecule has 16 heavy (non-hydrogen) atoms. The highest BCUT2D eigenvalue weighted by Gasteiger charge is 2.02. The van der Waals surface area contributed by atoms with Crippen molar-refractivity contribution in [3.05, 3.63) is 35.1 Å². The molecule has 1 nitrogen and oxygen atoms in total. The van der Waals surface area contributed by atoms with Crippen LogP contribution in [0.5, 0.6) is 0 Å². The van der Waals surface area contributed by atoms with Crippen molar-refractivity contribution in [1.29, 1.82) is 0 Å². The Hall–Kier alpha value is -0.540. The molecule has 0 fully saturated rings. The Morgan fingerprint density at radius 3 is 2.75 bits per heavy atom. The van der Waals surface area contributed by atoms with Crippen molar-refractivity contribution in [2.45, 2.75) is 32.6 Å². The Bertz CT molecular complexity index is 326. The maximum absolute atomic E-state index is 13.2. The SMILES string of the molecule is CC(C)CCSCc1ccc(F)c(CN)c1. The first-order valence-electron chi connectivity index (χ1n) is 5.68. The summed E-state index contributed by atoms with van der Waals surface area (Å²) in [5, 5.41) is 0. The number of thioether (sulfide) groups is 1. The molecule has 0 heterocycles. The first-order chi connectivity index (χ1) is 7.63. The quantitative estimate of drug-likeness (QED) is 0.771. The van der Waals surface area contributed by atoms with Crippen molar-refractivity contribution in [1.82, 2.24) is 0 Å². The lowest BCUT2D eigenvalue weighted by Gasteiger charge is -2.06. The van der Waals surface area contributed by atoms with Crippen LogP contribution in [-0.2, 0) is 12.3 Å². The van der Waals surface area contributed by atoms with E-state index < -0.39 is 0 Å². The van der Waals surface area contributed by atoms with E-state index in [-0.39, 0.29) is 12.4 Å². The van der Waals surface area contributed by atoms with Crippen LogP contribution in [0.25, 0.3) is 0 Å². The lowest BCUT2D eigenvalue weighted by atomic mass is 10.1. The molecule has 0 amide bonds. The van der Waals surface area contributed by atoms with Crippen molar-refractivity contribution < 1.29 is 4.39 Å². The van der Waals surface area contributed by atoms with Gasteiger partial charge < -0.3 is 5.73 Å². The zero-order valence-corrected chi connectivity index (χ0v) is 10.8. The van der Waals surface area contributed by atoms with Crippen LogP contribution in [0.4, 0.5) is 4.39 Å². The van der Waals surface area contributed by atoms with Gasteiger partial charge in [-0.2, -0.15) is 11.8 Å². The highest BCUT2D eigenvalue weighted by Crippen LogP contribution is 2.17. The van der Waals surface area contributed by atoms with Crippen LogP contribution >= 0.6 is 11.8 Å². The van der Waals surface area contributed by atoms with Gasteiger partial charge in [-0.15, -0.1) is 0 Å². The van der Waals surface area contributed by atoms with Gasteiger partial charge in [-0.1, -0.05) is 26.0 Å². The molecule has 3 heteroatoms. The van der Waals surface area contributed by atoms with E-state index >= 15 is 0 Å². The van der Waals surface area contributed by atoms with Crippen molar-refractivity contribution in [3.63, 3.8) is 0 Å². The van der Waals surface area contributed by atoms with Gasteiger partial charge in [0.25, 0.3) is 0 Å². The van der Waals surface area contributed by atoms with E-state index in [0.29, 0.717) is 5.56 Å². The standard InChI is InChI=1S/C13H20FNS/c1-10(2)5-6-16-9-11-3-4-13(14)12(7-11)8-15/h3-4,7,10H,5-6,8-9,15H2,1-2H3. The molecule has 0 saturated carbocycles. The van der Waals surface area contributed by atoms with E-state index in [9.17, 15) is 4.39 Å². The molecule has 0 atom stereocenters. The van der Waals surface area contributed by atoms with Crippen LogP contribution < -0.4 is 5.73 Å². The van der Waals surface area contributed by atoms with E-state index in [2.05, 4.69) is 13.8 Å². The van der Waals surface area contributed by atoms with Crippen LogP contribution in [0.1, 0.15) is 31.4 Å². The van der Waals surface area contributed by atoms with Gasteiger partial charge in [0.1, 0.15) is 5.82 Å². The molecule has 0 aliphatic rings. The second kappa shape index (κ2) is 6.92. The zero-order valence-electron chi connectivity index (χ0n) is 10.0. The summed E-state index contributed by atoms with van der Waals surface area (Å²) < 4.78 is 13.2. The second-order valence-corrected chi connectivity index (χ2v) is 5.47. The summed E-state index contributed by atoms with van der Waals surface area (Å²) in [5.41, 5.74) is 7.24. The first kappa shape index (κ1) is 13.5. The summed E-state index contributed by atoms with van der Waals surface area (Å²) in [7, 11) is 0. The Morgan fingerprint density at radius 1 is 1.38 bits per heavy atom. The van der Waals surface area contributed by atoms with E-state index in [0.717, 1.165) is 23.0 Å². The minimum absolute atomic E-state index is 0.196. The molecule has 0 spiro atoms. The van der Waals surface area contributed by atoms with Crippen LogP contribution in [0.2, 0.25) is 0 Å². The summed E-state index contributed by atoms with van der Waals surface area (Å²) in [6, 6.07) is 5.23. The predicted octanol–water partition coefficient (Wildman–Crippen LogP) is 3.56. The monoisotopic (exact) mass is 241 g/mol. The number of benzene rings is 1. The summed E-state index contributed by atoms with van der Waals surface area (Å²) in [5.74, 6) is 2.66. The number of rotatable bonds is 6. The van der Waals surface area contributed by atoms with Gasteiger partial charge in [-0.25, -0.2) is 4.39 Å². The molecule has 2 N–H and O–H groups in total. The highest BCUT2D eigenvalue weighted by atomic mass is 32.2. The molecule has 1 aromatic rings. The van der Waals surface area contributed by atoms with Gasteiger partial charge in [-0.3, -0.25) is 0 Å². The van der Waals surface area contributed by atoms with Crippen LogP contribution in [0.15, 0.2) is 18.2 Å². The lowest BCUT2D eigenvalue weighted by Crippen LogP contribution is -2.00. The smallest absolute Gasteiger partial charge is 0.127 e. The number of nitrogens with two attached hydrogens (primary N) is 1. The van der Waals surface area contributed by atoms with E-state index in [1.165, 1.54) is 12.5 Å². The number of halogens is 1. The number of hydrogen-bond acceptors (Lipinski definition) is 2. The van der Waals surface area contributed by atoms with Crippen LogP contribution in [-0.4, -0.2) is 5.75 Å². The topological polar surface area (TPSA) is 26.0 Å². The summed E-state index contributed by atoms with van der Waals surface area (Å²) >= 11 is 1.90. The Morgan fingerprint density at radius 2 is 2.12 bits per heavy atom. The minimum atomic E-state index is -0.196. The maximum Gasteiger partial charge on any atom is 0.127 e. The van der Waals surface area contributed by atoms with Gasteiger partial charge in [0.2, 0.25) is 0 Å². The van der Waals surface area contributed by atoms with Crippen LogP contribution in [0, 0.1) is 11.7 Å². The molecule has 0 aromatic heterocycles. The van der Waals surface area contributed by atoms with Crippen molar-refractivity contribution in [2.24, 2.45) is 11.7 Å². The molecule has 0 aliphatic carbocycles. The van der Waals surface area contributed by atoms with Crippen molar-refractivity contribution >= 4 is 11.8 Å². The van der Waals surface area contributed by atoms with E-state index in [1.54, 1.807) is 0 Å². The van der Waals surface area contributed by atoms with Crippen LogP contribution in [0.3, 0.4) is 0 Å². The lowest BCUT2D eigenvalue weighted by molar-refractivity contribution is 0.610. The molecule has 90 valence electrons. The average Bonchev–Trinajstić information content (AvgIpc) is 2.26. The Labute approximate surface area is 102 Å². The van der Waals surface area contributed by atoms with Gasteiger partial charge in [0.05, 0.1) is 0 Å². The third kappa shape index (κ3) is 4.54. The molecular formula is C13H20FNS. The Balaban J connectivity index is 2.42. The molecular weight excluding hydrogens is 221 g/mol. The van der Waals surface area contributed by atoms with Gasteiger partial charge in [-0.05, 0) is 29.7 Å². The van der Waals surface area contributed by atoms with E-state index in [4.69, 9.17) is 5.73 Å². The summed E-state index contributed by atoms with van der Waals surface area (Å²) in [6.07, 6.45) is 1.23. The first-order valence-corrected chi connectivity index (χ1v) is 6.84. The van der Waals surface area contributed by atoms with Gasteiger partial charge >= 0.3 is 0 Å².